The lowest BCUT2D eigenvalue weighted by Gasteiger charge is -2.18. The molecule has 0 bridgehead atoms. The van der Waals surface area contributed by atoms with Crippen LogP contribution in [0.2, 0.25) is 0 Å². The van der Waals surface area contributed by atoms with Crippen molar-refractivity contribution in [3.05, 3.63) is 48.6 Å². The fraction of sp³-hybridized carbons (Fsp3) is 0.784. The van der Waals surface area contributed by atoms with E-state index in [0.717, 1.165) is 83.5 Å². The molecule has 6 nitrogen and oxygen atoms in total. The molecule has 0 saturated carbocycles. The second-order valence-corrected chi connectivity index (χ2v) is 16.0. The molecule has 0 N–H and O–H groups in total. The third-order valence-corrected chi connectivity index (χ3v) is 10.3. The summed E-state index contributed by atoms with van der Waals surface area (Å²) in [4.78, 5) is 37.8. The van der Waals surface area contributed by atoms with Gasteiger partial charge in [0, 0.05) is 19.3 Å². The van der Waals surface area contributed by atoms with E-state index in [1.807, 2.05) is 0 Å². The molecule has 0 fully saturated rings. The zero-order chi connectivity index (χ0) is 41.5. The van der Waals surface area contributed by atoms with Crippen molar-refractivity contribution in [2.45, 2.75) is 245 Å². The maximum absolute atomic E-state index is 12.7. The summed E-state index contributed by atoms with van der Waals surface area (Å²) in [6, 6.07) is 0. The predicted molar refractivity (Wildman–Crippen MR) is 242 cm³/mol. The minimum Gasteiger partial charge on any atom is -0.462 e. The van der Waals surface area contributed by atoms with Gasteiger partial charge in [0.05, 0.1) is 0 Å². The van der Waals surface area contributed by atoms with E-state index < -0.39 is 6.10 Å². The molecule has 57 heavy (non-hydrogen) atoms. The average Bonchev–Trinajstić information content (AvgIpc) is 3.21. The van der Waals surface area contributed by atoms with Crippen molar-refractivity contribution in [2.75, 3.05) is 13.2 Å². The molecule has 0 aliphatic heterocycles. The van der Waals surface area contributed by atoms with Crippen LogP contribution in [0.5, 0.6) is 0 Å². The number of esters is 3. The molecule has 0 unspecified atom stereocenters. The second-order valence-electron chi connectivity index (χ2n) is 16.0. The molecule has 330 valence electrons. The highest BCUT2D eigenvalue weighted by Crippen LogP contribution is 2.15. The highest BCUT2D eigenvalue weighted by atomic mass is 16.6. The lowest BCUT2D eigenvalue weighted by Crippen LogP contribution is -2.30. The van der Waals surface area contributed by atoms with Crippen molar-refractivity contribution in [2.24, 2.45) is 0 Å². The Hall–Kier alpha value is -2.63. The summed E-state index contributed by atoms with van der Waals surface area (Å²) in [6.45, 7) is 6.48. The highest BCUT2D eigenvalue weighted by Gasteiger charge is 2.19. The van der Waals surface area contributed by atoms with E-state index in [0.29, 0.717) is 19.3 Å². The largest absolute Gasteiger partial charge is 0.462 e. The predicted octanol–water partition coefficient (Wildman–Crippen LogP) is 15.5. The quantitative estimate of drug-likeness (QED) is 0.0265. The van der Waals surface area contributed by atoms with Crippen LogP contribution < -0.4 is 0 Å². The Balaban J connectivity index is 4.41. The highest BCUT2D eigenvalue weighted by molar-refractivity contribution is 5.71. The van der Waals surface area contributed by atoms with Crippen LogP contribution in [0.1, 0.15) is 239 Å². The number of hydrogen-bond acceptors (Lipinski definition) is 6. The van der Waals surface area contributed by atoms with Crippen molar-refractivity contribution in [3.63, 3.8) is 0 Å². The van der Waals surface area contributed by atoms with Crippen molar-refractivity contribution in [1.29, 1.82) is 0 Å². The molecule has 0 aromatic heterocycles. The number of ether oxygens (including phenoxy) is 3. The fourth-order valence-electron chi connectivity index (χ4n) is 6.73. The van der Waals surface area contributed by atoms with E-state index in [1.54, 1.807) is 0 Å². The Morgan fingerprint density at radius 1 is 0.368 bits per heavy atom. The molecule has 0 aliphatic carbocycles. The Bertz CT molecular complexity index is 1010. The maximum atomic E-state index is 12.7. The van der Waals surface area contributed by atoms with Crippen molar-refractivity contribution in [3.8, 4) is 0 Å². The van der Waals surface area contributed by atoms with Crippen molar-refractivity contribution >= 4 is 17.9 Å². The fourth-order valence-corrected chi connectivity index (χ4v) is 6.73. The minimum absolute atomic E-state index is 0.0830. The summed E-state index contributed by atoms with van der Waals surface area (Å²) >= 11 is 0. The average molecular weight is 799 g/mol. The molecular formula is C51H90O6. The first-order chi connectivity index (χ1) is 28.0. The van der Waals surface area contributed by atoms with Crippen LogP contribution in [0, 0.1) is 0 Å². The molecule has 6 heteroatoms. The number of unbranched alkanes of at least 4 members (excludes halogenated alkanes) is 24. The van der Waals surface area contributed by atoms with Gasteiger partial charge >= 0.3 is 17.9 Å². The summed E-state index contributed by atoms with van der Waals surface area (Å²) in [5.41, 5.74) is 0. The lowest BCUT2D eigenvalue weighted by molar-refractivity contribution is -0.167. The summed E-state index contributed by atoms with van der Waals surface area (Å²) < 4.78 is 16.7. The third kappa shape index (κ3) is 44.3. The zero-order valence-corrected chi connectivity index (χ0v) is 37.6. The van der Waals surface area contributed by atoms with E-state index in [9.17, 15) is 14.4 Å². The van der Waals surface area contributed by atoms with Gasteiger partial charge in [-0.1, -0.05) is 211 Å². The SMILES string of the molecule is CC/C=C\C/C=C\C/C=C\C/C=C\CCCCC(=O)OC[C@H](COC(=O)CCCCCCCCCCCCCCC)OC(=O)CCCCCCCCCCCCC. The third-order valence-electron chi connectivity index (χ3n) is 10.3. The Morgan fingerprint density at radius 2 is 0.684 bits per heavy atom. The number of hydrogen-bond donors (Lipinski definition) is 0. The first kappa shape index (κ1) is 54.4. The molecular weight excluding hydrogens is 709 g/mol. The molecule has 0 aromatic rings. The Labute approximate surface area is 352 Å². The topological polar surface area (TPSA) is 78.9 Å². The van der Waals surface area contributed by atoms with E-state index in [1.165, 1.54) is 116 Å². The number of carbonyl (C=O) groups excluding carboxylic acids is 3. The first-order valence-electron chi connectivity index (χ1n) is 24.1. The van der Waals surface area contributed by atoms with Crippen LogP contribution in [0.3, 0.4) is 0 Å². The molecule has 0 saturated heterocycles. The molecule has 0 heterocycles. The molecule has 0 aliphatic rings. The maximum Gasteiger partial charge on any atom is 0.306 e. The molecule has 0 rings (SSSR count). The number of carbonyl (C=O) groups is 3. The number of allylic oxidation sites excluding steroid dienone is 8. The normalized spacial score (nSPS) is 12.4. The van der Waals surface area contributed by atoms with E-state index >= 15 is 0 Å². The van der Waals surface area contributed by atoms with Crippen LogP contribution in [-0.4, -0.2) is 37.2 Å². The van der Waals surface area contributed by atoms with Gasteiger partial charge in [-0.15, -0.1) is 0 Å². The summed E-state index contributed by atoms with van der Waals surface area (Å²) in [5.74, 6) is -0.922. The number of rotatable bonds is 43. The van der Waals surface area contributed by atoms with Crippen LogP contribution in [0.25, 0.3) is 0 Å². The van der Waals surface area contributed by atoms with Gasteiger partial charge in [-0.3, -0.25) is 14.4 Å². The van der Waals surface area contributed by atoms with Crippen LogP contribution in [0.15, 0.2) is 48.6 Å². The molecule has 0 aromatic carbocycles. The summed E-state index contributed by atoms with van der Waals surface area (Å²) in [5, 5.41) is 0. The van der Waals surface area contributed by atoms with Gasteiger partial charge in [-0.25, -0.2) is 0 Å². The monoisotopic (exact) mass is 799 g/mol. The lowest BCUT2D eigenvalue weighted by atomic mass is 10.0. The van der Waals surface area contributed by atoms with E-state index in [2.05, 4.69) is 69.4 Å². The van der Waals surface area contributed by atoms with E-state index in [4.69, 9.17) is 14.2 Å². The Kier molecular flexibility index (Phi) is 43.9. The Morgan fingerprint density at radius 3 is 1.07 bits per heavy atom. The van der Waals surface area contributed by atoms with Gasteiger partial charge in [0.1, 0.15) is 13.2 Å². The van der Waals surface area contributed by atoms with Crippen LogP contribution >= 0.6 is 0 Å². The zero-order valence-electron chi connectivity index (χ0n) is 37.6. The standard InChI is InChI=1S/C51H90O6/c1-4-7-10-13-16-19-22-24-25-27-30-32-35-38-41-44-50(53)56-47-48(57-51(54)45-42-39-36-33-28-21-18-15-12-9-6-3)46-55-49(52)43-40-37-34-31-29-26-23-20-17-14-11-8-5-2/h7,10,16,19,24-25,30,32,48H,4-6,8-9,11-15,17-18,20-23,26-29,31,33-47H2,1-3H3/b10-7-,19-16-,25-24-,32-30-/t48-/m0/s1. The molecule has 1 atom stereocenters. The van der Waals surface area contributed by atoms with Gasteiger partial charge in [-0.05, 0) is 57.8 Å². The van der Waals surface area contributed by atoms with Gasteiger partial charge in [0.15, 0.2) is 6.10 Å². The van der Waals surface area contributed by atoms with Gasteiger partial charge in [-0.2, -0.15) is 0 Å². The molecule has 0 radical (unpaired) electrons. The smallest absolute Gasteiger partial charge is 0.306 e. The van der Waals surface area contributed by atoms with Crippen LogP contribution in [-0.2, 0) is 28.6 Å². The van der Waals surface area contributed by atoms with Crippen LogP contribution in [0.4, 0.5) is 0 Å². The van der Waals surface area contributed by atoms with Crippen molar-refractivity contribution < 1.29 is 28.6 Å². The second kappa shape index (κ2) is 46.1. The van der Waals surface area contributed by atoms with E-state index in [-0.39, 0.29) is 31.1 Å². The first-order valence-corrected chi connectivity index (χ1v) is 24.1. The minimum atomic E-state index is -0.783. The summed E-state index contributed by atoms with van der Waals surface area (Å²) in [7, 11) is 0. The van der Waals surface area contributed by atoms with Gasteiger partial charge in [0.2, 0.25) is 0 Å². The molecule has 0 spiro atoms. The van der Waals surface area contributed by atoms with Gasteiger partial charge in [0.25, 0.3) is 0 Å². The summed E-state index contributed by atoms with van der Waals surface area (Å²) in [6.07, 6.45) is 53.8. The van der Waals surface area contributed by atoms with Crippen molar-refractivity contribution in [1.82, 2.24) is 0 Å². The van der Waals surface area contributed by atoms with Gasteiger partial charge < -0.3 is 14.2 Å². The molecule has 0 amide bonds.